The van der Waals surface area contributed by atoms with Crippen LogP contribution in [0.1, 0.15) is 16.7 Å². The van der Waals surface area contributed by atoms with Crippen molar-refractivity contribution >= 4 is 11.6 Å². The zero-order chi connectivity index (χ0) is 19.4. The van der Waals surface area contributed by atoms with Crippen molar-refractivity contribution in [1.82, 2.24) is 4.90 Å². The Balaban J connectivity index is 1.63. The summed E-state index contributed by atoms with van der Waals surface area (Å²) in [4.78, 5) is 17.1. The molecule has 0 spiro atoms. The average Bonchev–Trinajstić information content (AvgIpc) is 2.70. The third kappa shape index (κ3) is 4.18. The Morgan fingerprint density at radius 2 is 1.74 bits per heavy atom. The molecule has 0 atom stereocenters. The molecule has 2 aromatic carbocycles. The average molecular weight is 368 g/mol. The standard InChI is InChI=1S/C22H28N2O3/c1-16-6-5-7-20(17(16)2)23-10-12-24(13-11-23)22(25)14-18-8-9-19(26-3)15-21(18)27-4/h5-9,15H,10-14H2,1-4H3. The second-order valence-electron chi connectivity index (χ2n) is 6.94. The molecule has 0 unspecified atom stereocenters. The Morgan fingerprint density at radius 3 is 2.41 bits per heavy atom. The predicted molar refractivity (Wildman–Crippen MR) is 108 cm³/mol. The number of hydrogen-bond donors (Lipinski definition) is 0. The van der Waals surface area contributed by atoms with Crippen LogP contribution in [-0.4, -0.2) is 51.2 Å². The van der Waals surface area contributed by atoms with Crippen molar-refractivity contribution in [3.8, 4) is 11.5 Å². The van der Waals surface area contributed by atoms with Gasteiger partial charge in [-0.05, 0) is 37.1 Å². The van der Waals surface area contributed by atoms with E-state index < -0.39 is 0 Å². The smallest absolute Gasteiger partial charge is 0.227 e. The van der Waals surface area contributed by atoms with E-state index in [1.54, 1.807) is 14.2 Å². The molecule has 27 heavy (non-hydrogen) atoms. The van der Waals surface area contributed by atoms with Gasteiger partial charge in [0.2, 0.25) is 5.91 Å². The van der Waals surface area contributed by atoms with Crippen LogP contribution >= 0.6 is 0 Å². The summed E-state index contributed by atoms with van der Waals surface area (Å²) in [5.74, 6) is 1.56. The van der Waals surface area contributed by atoms with E-state index in [0.717, 1.165) is 37.5 Å². The van der Waals surface area contributed by atoms with Crippen molar-refractivity contribution in [2.24, 2.45) is 0 Å². The minimum atomic E-state index is 0.138. The van der Waals surface area contributed by atoms with Crippen molar-refractivity contribution in [3.05, 3.63) is 53.1 Å². The van der Waals surface area contributed by atoms with Crippen molar-refractivity contribution < 1.29 is 14.3 Å². The van der Waals surface area contributed by atoms with E-state index in [-0.39, 0.29) is 5.91 Å². The molecule has 0 bridgehead atoms. The zero-order valence-corrected chi connectivity index (χ0v) is 16.6. The number of carbonyl (C=O) groups excluding carboxylic acids is 1. The lowest BCUT2D eigenvalue weighted by atomic mass is 10.1. The van der Waals surface area contributed by atoms with Crippen LogP contribution in [0.15, 0.2) is 36.4 Å². The Hall–Kier alpha value is -2.69. The Bertz CT molecular complexity index is 811. The Labute approximate surface area is 161 Å². The molecule has 1 aliphatic heterocycles. The van der Waals surface area contributed by atoms with Gasteiger partial charge in [0.25, 0.3) is 0 Å². The predicted octanol–water partition coefficient (Wildman–Crippen LogP) is 3.21. The largest absolute Gasteiger partial charge is 0.497 e. The van der Waals surface area contributed by atoms with E-state index in [2.05, 4.69) is 36.9 Å². The minimum Gasteiger partial charge on any atom is -0.497 e. The second-order valence-corrected chi connectivity index (χ2v) is 6.94. The fourth-order valence-electron chi connectivity index (χ4n) is 3.55. The summed E-state index contributed by atoms with van der Waals surface area (Å²) >= 11 is 0. The number of piperazine rings is 1. The molecule has 5 nitrogen and oxygen atoms in total. The summed E-state index contributed by atoms with van der Waals surface area (Å²) in [6.07, 6.45) is 0.344. The maximum Gasteiger partial charge on any atom is 0.227 e. The third-order valence-electron chi connectivity index (χ3n) is 5.39. The van der Waals surface area contributed by atoms with Gasteiger partial charge in [0, 0.05) is 43.5 Å². The SMILES string of the molecule is COc1ccc(CC(=O)N2CCN(c3cccc(C)c3C)CC2)c(OC)c1. The summed E-state index contributed by atoms with van der Waals surface area (Å²) in [6, 6.07) is 12.0. The molecule has 5 heteroatoms. The van der Waals surface area contributed by atoms with Gasteiger partial charge in [0.1, 0.15) is 11.5 Å². The van der Waals surface area contributed by atoms with E-state index in [4.69, 9.17) is 9.47 Å². The summed E-state index contributed by atoms with van der Waals surface area (Å²) < 4.78 is 10.6. The number of nitrogens with zero attached hydrogens (tertiary/aromatic N) is 2. The lowest BCUT2D eigenvalue weighted by molar-refractivity contribution is -0.130. The summed E-state index contributed by atoms with van der Waals surface area (Å²) in [6.45, 7) is 7.50. The topological polar surface area (TPSA) is 42.0 Å². The molecule has 1 aliphatic rings. The molecule has 0 aromatic heterocycles. The van der Waals surface area contributed by atoms with Gasteiger partial charge in [-0.2, -0.15) is 0 Å². The van der Waals surface area contributed by atoms with Gasteiger partial charge in [-0.1, -0.05) is 18.2 Å². The quantitative estimate of drug-likeness (QED) is 0.813. The van der Waals surface area contributed by atoms with Crippen LogP contribution in [0.2, 0.25) is 0 Å². The highest BCUT2D eigenvalue weighted by Gasteiger charge is 2.23. The van der Waals surface area contributed by atoms with Crippen LogP contribution in [0.5, 0.6) is 11.5 Å². The van der Waals surface area contributed by atoms with Gasteiger partial charge >= 0.3 is 0 Å². The normalized spacial score (nSPS) is 14.2. The fraction of sp³-hybridized carbons (Fsp3) is 0.409. The molecule has 0 N–H and O–H groups in total. The second kappa shape index (κ2) is 8.33. The van der Waals surface area contributed by atoms with E-state index in [1.165, 1.54) is 16.8 Å². The number of methoxy groups -OCH3 is 2. The van der Waals surface area contributed by atoms with Gasteiger partial charge < -0.3 is 19.3 Å². The molecule has 1 heterocycles. The first-order valence-corrected chi connectivity index (χ1v) is 9.33. The number of hydrogen-bond acceptors (Lipinski definition) is 4. The maximum atomic E-state index is 12.8. The highest BCUT2D eigenvalue weighted by Crippen LogP contribution is 2.26. The fourth-order valence-corrected chi connectivity index (χ4v) is 3.55. The molecule has 1 saturated heterocycles. The van der Waals surface area contributed by atoms with Gasteiger partial charge in [0.15, 0.2) is 0 Å². The Kier molecular flexibility index (Phi) is 5.89. The molecule has 3 rings (SSSR count). The highest BCUT2D eigenvalue weighted by molar-refractivity contribution is 5.80. The first kappa shape index (κ1) is 19.1. The molecule has 0 aliphatic carbocycles. The summed E-state index contributed by atoms with van der Waals surface area (Å²) in [5.41, 5.74) is 4.79. The molecular formula is C22H28N2O3. The highest BCUT2D eigenvalue weighted by atomic mass is 16.5. The zero-order valence-electron chi connectivity index (χ0n) is 16.6. The lowest BCUT2D eigenvalue weighted by Crippen LogP contribution is -2.49. The molecule has 1 amide bonds. The van der Waals surface area contributed by atoms with E-state index in [9.17, 15) is 4.79 Å². The number of aryl methyl sites for hydroxylation is 1. The number of ether oxygens (including phenoxy) is 2. The first-order chi connectivity index (χ1) is 13.0. The third-order valence-corrected chi connectivity index (χ3v) is 5.39. The minimum absolute atomic E-state index is 0.138. The van der Waals surface area contributed by atoms with E-state index >= 15 is 0 Å². The van der Waals surface area contributed by atoms with Crippen molar-refractivity contribution in [1.29, 1.82) is 0 Å². The number of amides is 1. The summed E-state index contributed by atoms with van der Waals surface area (Å²) in [5, 5.41) is 0. The maximum absolute atomic E-state index is 12.8. The molecule has 2 aromatic rings. The lowest BCUT2D eigenvalue weighted by Gasteiger charge is -2.37. The van der Waals surface area contributed by atoms with Crippen LogP contribution < -0.4 is 14.4 Å². The first-order valence-electron chi connectivity index (χ1n) is 9.33. The summed E-state index contributed by atoms with van der Waals surface area (Å²) in [7, 11) is 3.24. The van der Waals surface area contributed by atoms with Crippen molar-refractivity contribution in [2.75, 3.05) is 45.3 Å². The molecule has 0 saturated carbocycles. The molecular weight excluding hydrogens is 340 g/mol. The Morgan fingerprint density at radius 1 is 1.00 bits per heavy atom. The van der Waals surface area contributed by atoms with Crippen molar-refractivity contribution in [3.63, 3.8) is 0 Å². The number of benzene rings is 2. The van der Waals surface area contributed by atoms with E-state index in [0.29, 0.717) is 12.2 Å². The van der Waals surface area contributed by atoms with Crippen molar-refractivity contribution in [2.45, 2.75) is 20.3 Å². The van der Waals surface area contributed by atoms with Crippen LogP contribution in [-0.2, 0) is 11.2 Å². The number of carbonyl (C=O) groups is 1. The monoisotopic (exact) mass is 368 g/mol. The molecule has 144 valence electrons. The van der Waals surface area contributed by atoms with Gasteiger partial charge in [-0.25, -0.2) is 0 Å². The van der Waals surface area contributed by atoms with Gasteiger partial charge in [-0.15, -0.1) is 0 Å². The van der Waals surface area contributed by atoms with E-state index in [1.807, 2.05) is 23.1 Å². The molecule has 1 fully saturated rings. The van der Waals surface area contributed by atoms with Crippen LogP contribution in [0, 0.1) is 13.8 Å². The van der Waals surface area contributed by atoms with Crippen LogP contribution in [0.3, 0.4) is 0 Å². The van der Waals surface area contributed by atoms with Crippen LogP contribution in [0.4, 0.5) is 5.69 Å². The molecule has 0 radical (unpaired) electrons. The number of rotatable bonds is 5. The van der Waals surface area contributed by atoms with Crippen LogP contribution in [0.25, 0.3) is 0 Å². The van der Waals surface area contributed by atoms with Gasteiger partial charge in [-0.3, -0.25) is 4.79 Å². The van der Waals surface area contributed by atoms with Gasteiger partial charge in [0.05, 0.1) is 20.6 Å². The number of anilines is 1.